The van der Waals surface area contributed by atoms with Crippen molar-refractivity contribution in [1.29, 1.82) is 0 Å². The van der Waals surface area contributed by atoms with E-state index in [2.05, 4.69) is 20.8 Å². The van der Waals surface area contributed by atoms with Gasteiger partial charge in [-0.3, -0.25) is 9.59 Å². The third-order valence-corrected chi connectivity index (χ3v) is 5.06. The van der Waals surface area contributed by atoms with Crippen LogP contribution in [0, 0.1) is 5.41 Å². The first kappa shape index (κ1) is 15.2. The van der Waals surface area contributed by atoms with Gasteiger partial charge < -0.3 is 9.64 Å². The van der Waals surface area contributed by atoms with Crippen LogP contribution >= 0.6 is 0 Å². The molecule has 1 amide bonds. The van der Waals surface area contributed by atoms with Gasteiger partial charge in [0.05, 0.1) is 11.5 Å². The van der Waals surface area contributed by atoms with Gasteiger partial charge >= 0.3 is 0 Å². The van der Waals surface area contributed by atoms with Gasteiger partial charge in [-0.15, -0.1) is 0 Å². The molecule has 1 spiro atoms. The maximum Gasteiger partial charge on any atom is 0.295 e. The van der Waals surface area contributed by atoms with Crippen LogP contribution in [-0.4, -0.2) is 31.4 Å². The standard InChI is InChI=1S/C18H23NO3/c1-17(2,3)14-11-18(9-10-22-14)12-7-5-6-8-13(12)19(4)16(21)15(18)20/h5-8,14H,9-11H2,1-4H3/t14-,18-/m1/s1. The molecule has 4 nitrogen and oxygen atoms in total. The summed E-state index contributed by atoms with van der Waals surface area (Å²) in [7, 11) is 1.67. The highest BCUT2D eigenvalue weighted by Crippen LogP contribution is 2.48. The SMILES string of the molecule is CN1C(=O)C(=O)[C@@]2(CCO[C@@H](C(C)(C)C)C2)c2ccccc21. The van der Waals surface area contributed by atoms with Crippen molar-refractivity contribution in [3.63, 3.8) is 0 Å². The molecule has 2 aliphatic rings. The summed E-state index contributed by atoms with van der Waals surface area (Å²) in [6, 6.07) is 7.76. The monoisotopic (exact) mass is 301 g/mol. The molecule has 2 atom stereocenters. The highest BCUT2D eigenvalue weighted by molar-refractivity contribution is 6.46. The lowest BCUT2D eigenvalue weighted by Crippen LogP contribution is -2.56. The van der Waals surface area contributed by atoms with Crippen LogP contribution in [0.2, 0.25) is 0 Å². The van der Waals surface area contributed by atoms with Crippen molar-refractivity contribution in [2.45, 2.75) is 45.1 Å². The summed E-state index contributed by atoms with van der Waals surface area (Å²) in [5, 5.41) is 0. The van der Waals surface area contributed by atoms with E-state index >= 15 is 0 Å². The zero-order valence-corrected chi connectivity index (χ0v) is 13.7. The molecule has 2 heterocycles. The minimum Gasteiger partial charge on any atom is -0.378 e. The highest BCUT2D eigenvalue weighted by Gasteiger charge is 2.53. The van der Waals surface area contributed by atoms with E-state index < -0.39 is 11.3 Å². The molecule has 1 aromatic carbocycles. The van der Waals surface area contributed by atoms with E-state index in [0.29, 0.717) is 19.4 Å². The van der Waals surface area contributed by atoms with Crippen molar-refractivity contribution in [3.8, 4) is 0 Å². The first-order chi connectivity index (χ1) is 10.3. The fraction of sp³-hybridized carbons (Fsp3) is 0.556. The number of likely N-dealkylation sites (N-methyl/N-ethyl adjacent to an activating group) is 1. The Labute approximate surface area is 131 Å². The zero-order valence-electron chi connectivity index (χ0n) is 13.7. The van der Waals surface area contributed by atoms with Crippen LogP contribution in [0.1, 0.15) is 39.2 Å². The van der Waals surface area contributed by atoms with Crippen LogP contribution in [0.25, 0.3) is 0 Å². The maximum absolute atomic E-state index is 12.9. The molecule has 22 heavy (non-hydrogen) atoms. The van der Waals surface area contributed by atoms with Gasteiger partial charge in [0, 0.05) is 19.3 Å². The Morgan fingerprint density at radius 2 is 1.91 bits per heavy atom. The average Bonchev–Trinajstić information content (AvgIpc) is 2.51. The smallest absolute Gasteiger partial charge is 0.295 e. The average molecular weight is 301 g/mol. The lowest BCUT2D eigenvalue weighted by molar-refractivity contribution is -0.147. The van der Waals surface area contributed by atoms with Crippen molar-refractivity contribution in [1.82, 2.24) is 0 Å². The van der Waals surface area contributed by atoms with Crippen LogP contribution < -0.4 is 4.90 Å². The first-order valence-electron chi connectivity index (χ1n) is 7.81. The number of ether oxygens (including phenoxy) is 1. The Balaban J connectivity index is 2.14. The van der Waals surface area contributed by atoms with Gasteiger partial charge in [-0.05, 0) is 29.9 Å². The normalized spacial score (nSPS) is 28.9. The predicted molar refractivity (Wildman–Crippen MR) is 85.0 cm³/mol. The number of rotatable bonds is 0. The Morgan fingerprint density at radius 3 is 2.59 bits per heavy atom. The van der Waals surface area contributed by atoms with E-state index in [-0.39, 0.29) is 17.3 Å². The van der Waals surface area contributed by atoms with E-state index in [9.17, 15) is 9.59 Å². The van der Waals surface area contributed by atoms with Crippen LogP contribution in [0.5, 0.6) is 0 Å². The largest absolute Gasteiger partial charge is 0.378 e. The van der Waals surface area contributed by atoms with Gasteiger partial charge in [0.2, 0.25) is 5.78 Å². The number of carbonyl (C=O) groups is 2. The van der Waals surface area contributed by atoms with Gasteiger partial charge in [0.15, 0.2) is 0 Å². The number of hydrogen-bond donors (Lipinski definition) is 0. The molecule has 118 valence electrons. The van der Waals surface area contributed by atoms with Gasteiger partial charge in [-0.2, -0.15) is 0 Å². The third-order valence-electron chi connectivity index (χ3n) is 5.06. The summed E-state index contributed by atoms with van der Waals surface area (Å²) >= 11 is 0. The second kappa shape index (κ2) is 4.92. The van der Waals surface area contributed by atoms with Crippen molar-refractivity contribution < 1.29 is 14.3 Å². The number of Topliss-reactive ketones (excluding diaryl/α,β-unsaturated/α-hetero) is 1. The summed E-state index contributed by atoms with van der Waals surface area (Å²) in [6.07, 6.45) is 1.12. The zero-order chi connectivity index (χ0) is 16.1. The molecular weight excluding hydrogens is 278 g/mol. The van der Waals surface area contributed by atoms with Crippen molar-refractivity contribution in [3.05, 3.63) is 29.8 Å². The molecule has 0 aliphatic carbocycles. The molecular formula is C18H23NO3. The number of anilines is 1. The number of hydrogen-bond acceptors (Lipinski definition) is 3. The van der Waals surface area contributed by atoms with E-state index in [4.69, 9.17) is 4.74 Å². The second-order valence-electron chi connectivity index (χ2n) is 7.47. The lowest BCUT2D eigenvalue weighted by Gasteiger charge is -2.47. The second-order valence-corrected chi connectivity index (χ2v) is 7.47. The van der Waals surface area contributed by atoms with Crippen molar-refractivity contribution in [2.24, 2.45) is 5.41 Å². The molecule has 0 unspecified atom stereocenters. The summed E-state index contributed by atoms with van der Waals surface area (Å²) in [5.74, 6) is -0.695. The Bertz CT molecular complexity index is 631. The summed E-state index contributed by atoms with van der Waals surface area (Å²) in [4.78, 5) is 26.8. The number of amides is 1. The van der Waals surface area contributed by atoms with Crippen LogP contribution in [0.15, 0.2) is 24.3 Å². The van der Waals surface area contributed by atoms with E-state index in [1.807, 2.05) is 24.3 Å². The molecule has 2 aliphatic heterocycles. The molecule has 0 bridgehead atoms. The number of ketones is 1. The third kappa shape index (κ3) is 2.09. The molecule has 0 saturated carbocycles. The number of benzene rings is 1. The van der Waals surface area contributed by atoms with Crippen LogP contribution in [0.4, 0.5) is 5.69 Å². The Hall–Kier alpha value is -1.68. The van der Waals surface area contributed by atoms with E-state index in [1.54, 1.807) is 7.05 Å². The van der Waals surface area contributed by atoms with Gasteiger partial charge in [0.25, 0.3) is 5.91 Å². The fourth-order valence-corrected chi connectivity index (χ4v) is 3.62. The molecule has 0 aromatic heterocycles. The van der Waals surface area contributed by atoms with Crippen molar-refractivity contribution >= 4 is 17.4 Å². The molecule has 0 N–H and O–H groups in total. The van der Waals surface area contributed by atoms with Gasteiger partial charge in [-0.25, -0.2) is 0 Å². The maximum atomic E-state index is 12.9. The fourth-order valence-electron chi connectivity index (χ4n) is 3.62. The number of para-hydroxylation sites is 1. The summed E-state index contributed by atoms with van der Waals surface area (Å²) in [5.41, 5.74) is 1.03. The Kier molecular flexibility index (Phi) is 3.40. The predicted octanol–water partition coefficient (Wildman–Crippen LogP) is 2.70. The van der Waals surface area contributed by atoms with Gasteiger partial charge in [0.1, 0.15) is 0 Å². The molecule has 0 radical (unpaired) electrons. The quantitative estimate of drug-likeness (QED) is 0.692. The molecule has 1 aromatic rings. The number of nitrogens with zero attached hydrogens (tertiary/aromatic N) is 1. The summed E-state index contributed by atoms with van der Waals surface area (Å²) < 4.78 is 5.92. The number of fused-ring (bicyclic) bond motifs is 2. The first-order valence-corrected chi connectivity index (χ1v) is 7.81. The van der Waals surface area contributed by atoms with E-state index in [0.717, 1.165) is 11.3 Å². The highest BCUT2D eigenvalue weighted by atomic mass is 16.5. The van der Waals surface area contributed by atoms with Gasteiger partial charge in [-0.1, -0.05) is 39.0 Å². The lowest BCUT2D eigenvalue weighted by atomic mass is 9.64. The molecule has 1 fully saturated rings. The number of carbonyl (C=O) groups excluding carboxylic acids is 2. The topological polar surface area (TPSA) is 46.6 Å². The molecule has 3 rings (SSSR count). The molecule has 1 saturated heterocycles. The van der Waals surface area contributed by atoms with E-state index in [1.165, 1.54) is 4.90 Å². The van der Waals surface area contributed by atoms with Crippen molar-refractivity contribution in [2.75, 3.05) is 18.6 Å². The Morgan fingerprint density at radius 1 is 1.23 bits per heavy atom. The minimum absolute atomic E-state index is 0.0329. The minimum atomic E-state index is -0.726. The summed E-state index contributed by atoms with van der Waals surface area (Å²) in [6.45, 7) is 6.86. The van der Waals surface area contributed by atoms with Crippen LogP contribution in [-0.2, 0) is 19.7 Å². The molecule has 4 heteroatoms. The van der Waals surface area contributed by atoms with Crippen LogP contribution in [0.3, 0.4) is 0 Å².